The fraction of sp³-hybridized carbons (Fsp3) is 0.750. The van der Waals surface area contributed by atoms with Crippen LogP contribution in [0.25, 0.3) is 0 Å². The second-order valence-electron chi connectivity index (χ2n) is 5.22. The van der Waals surface area contributed by atoms with Crippen LogP contribution in [0.1, 0.15) is 18.4 Å². The maximum absolute atomic E-state index is 12.2. The van der Waals surface area contributed by atoms with Gasteiger partial charge >= 0.3 is 0 Å². The van der Waals surface area contributed by atoms with Crippen molar-refractivity contribution in [2.24, 2.45) is 13.0 Å². The number of hydrogen-bond donors (Lipinski definition) is 2. The van der Waals surface area contributed by atoms with Gasteiger partial charge in [0.25, 0.3) is 10.2 Å². The summed E-state index contributed by atoms with van der Waals surface area (Å²) in [6, 6.07) is 0. The Balaban J connectivity index is 1.84. The van der Waals surface area contributed by atoms with Crippen molar-refractivity contribution < 1.29 is 13.5 Å². The van der Waals surface area contributed by atoms with Crippen molar-refractivity contribution in [3.8, 4) is 0 Å². The summed E-state index contributed by atoms with van der Waals surface area (Å²) in [5.41, 5.74) is 1.00. The highest BCUT2D eigenvalue weighted by Gasteiger charge is 2.28. The van der Waals surface area contributed by atoms with Gasteiger partial charge in [-0.15, -0.1) is 0 Å². The van der Waals surface area contributed by atoms with Crippen molar-refractivity contribution in [1.29, 1.82) is 0 Å². The number of aliphatic hydroxyl groups is 1. The number of nitrogens with one attached hydrogen (secondary N) is 1. The summed E-state index contributed by atoms with van der Waals surface area (Å²) in [5, 5.41) is 13.2. The highest BCUT2D eigenvalue weighted by molar-refractivity contribution is 7.87. The van der Waals surface area contributed by atoms with E-state index in [9.17, 15) is 8.42 Å². The molecule has 8 heteroatoms. The van der Waals surface area contributed by atoms with Crippen LogP contribution in [0.2, 0.25) is 0 Å². The lowest BCUT2D eigenvalue weighted by Crippen LogP contribution is -2.47. The molecule has 0 spiro atoms. The minimum atomic E-state index is -3.44. The Hall–Kier alpha value is -0.960. The molecule has 1 unspecified atom stereocenters. The summed E-state index contributed by atoms with van der Waals surface area (Å²) >= 11 is 0. The van der Waals surface area contributed by atoms with E-state index in [-0.39, 0.29) is 12.5 Å². The summed E-state index contributed by atoms with van der Waals surface area (Å²) in [6.07, 6.45) is 5.91. The van der Waals surface area contributed by atoms with E-state index in [1.54, 1.807) is 10.9 Å². The summed E-state index contributed by atoms with van der Waals surface area (Å²) in [6.45, 7) is 1.33. The number of nitrogens with zero attached hydrogens (tertiary/aromatic N) is 3. The molecule has 2 rings (SSSR count). The molecule has 1 aromatic rings. The van der Waals surface area contributed by atoms with Crippen LogP contribution in [0.5, 0.6) is 0 Å². The van der Waals surface area contributed by atoms with Gasteiger partial charge in [0.1, 0.15) is 0 Å². The number of aliphatic hydroxyl groups excluding tert-OH is 1. The molecule has 1 saturated heterocycles. The van der Waals surface area contributed by atoms with Crippen LogP contribution in [0.3, 0.4) is 0 Å². The van der Waals surface area contributed by atoms with Gasteiger partial charge in [0.2, 0.25) is 0 Å². The van der Waals surface area contributed by atoms with Crippen LogP contribution in [-0.4, -0.2) is 53.9 Å². The van der Waals surface area contributed by atoms with E-state index in [0.717, 1.165) is 18.4 Å². The maximum atomic E-state index is 12.2. The number of piperidine rings is 1. The Morgan fingerprint density at radius 2 is 2.35 bits per heavy atom. The van der Waals surface area contributed by atoms with E-state index in [1.807, 2.05) is 13.2 Å². The van der Waals surface area contributed by atoms with Gasteiger partial charge < -0.3 is 5.11 Å². The lowest BCUT2D eigenvalue weighted by Gasteiger charge is -2.30. The first-order valence-electron chi connectivity index (χ1n) is 6.84. The standard InChI is InChI=1S/C12H22N4O3S/c1-15-8-11(7-13-15)4-5-14-20(18,19)16-6-2-3-12(9-16)10-17/h7-8,12,14,17H,2-6,9-10H2,1H3. The molecule has 7 nitrogen and oxygen atoms in total. The zero-order chi connectivity index (χ0) is 14.6. The SMILES string of the molecule is Cn1cc(CCNS(=O)(=O)N2CCCC(CO)C2)cn1. The Labute approximate surface area is 119 Å². The van der Waals surface area contributed by atoms with Crippen molar-refractivity contribution in [3.63, 3.8) is 0 Å². The average Bonchev–Trinajstić information content (AvgIpc) is 2.84. The molecule has 1 aromatic heterocycles. The molecule has 0 bridgehead atoms. The molecule has 2 N–H and O–H groups in total. The molecule has 0 aromatic carbocycles. The van der Waals surface area contributed by atoms with Crippen LogP contribution in [0, 0.1) is 5.92 Å². The van der Waals surface area contributed by atoms with Crippen LogP contribution in [0.15, 0.2) is 12.4 Å². The van der Waals surface area contributed by atoms with Gasteiger partial charge in [0.05, 0.1) is 6.20 Å². The fourth-order valence-corrected chi connectivity index (χ4v) is 3.73. The third kappa shape index (κ3) is 4.02. The molecule has 1 aliphatic heterocycles. The van der Waals surface area contributed by atoms with Gasteiger partial charge in [-0.2, -0.15) is 17.8 Å². The van der Waals surface area contributed by atoms with E-state index in [2.05, 4.69) is 9.82 Å². The Kier molecular flexibility index (Phi) is 5.14. The summed E-state index contributed by atoms with van der Waals surface area (Å²) in [4.78, 5) is 0. The number of aromatic nitrogens is 2. The largest absolute Gasteiger partial charge is 0.396 e. The second-order valence-corrected chi connectivity index (χ2v) is 6.98. The molecule has 1 aliphatic rings. The Morgan fingerprint density at radius 3 is 3.00 bits per heavy atom. The molecule has 1 atom stereocenters. The van der Waals surface area contributed by atoms with Crippen molar-refractivity contribution in [2.75, 3.05) is 26.2 Å². The van der Waals surface area contributed by atoms with Crippen molar-refractivity contribution in [1.82, 2.24) is 18.8 Å². The highest BCUT2D eigenvalue weighted by Crippen LogP contribution is 2.17. The van der Waals surface area contributed by atoms with Gasteiger partial charge in [-0.1, -0.05) is 0 Å². The average molecular weight is 302 g/mol. The van der Waals surface area contributed by atoms with Crippen molar-refractivity contribution in [2.45, 2.75) is 19.3 Å². The number of hydrogen-bond acceptors (Lipinski definition) is 4. The topological polar surface area (TPSA) is 87.5 Å². The second kappa shape index (κ2) is 6.66. The monoisotopic (exact) mass is 302 g/mol. The van der Waals surface area contributed by atoms with Gasteiger partial charge in [-0.05, 0) is 30.7 Å². The van der Waals surface area contributed by atoms with Crippen molar-refractivity contribution >= 4 is 10.2 Å². The van der Waals surface area contributed by atoms with E-state index in [4.69, 9.17) is 5.11 Å². The Morgan fingerprint density at radius 1 is 1.55 bits per heavy atom. The normalized spacial score (nSPS) is 21.2. The molecule has 1 fully saturated rings. The van der Waals surface area contributed by atoms with Crippen LogP contribution >= 0.6 is 0 Å². The lowest BCUT2D eigenvalue weighted by atomic mass is 10.0. The summed E-state index contributed by atoms with van der Waals surface area (Å²) in [7, 11) is -1.61. The van der Waals surface area contributed by atoms with Crippen LogP contribution in [-0.2, 0) is 23.7 Å². The predicted octanol–water partition coefficient (Wildman–Crippen LogP) is -0.499. The molecule has 20 heavy (non-hydrogen) atoms. The van der Waals surface area contributed by atoms with Crippen LogP contribution in [0.4, 0.5) is 0 Å². The first-order valence-corrected chi connectivity index (χ1v) is 8.28. The number of aryl methyl sites for hydroxylation is 1. The minimum Gasteiger partial charge on any atom is -0.396 e. The molecule has 114 valence electrons. The zero-order valence-corrected chi connectivity index (χ0v) is 12.5. The smallest absolute Gasteiger partial charge is 0.279 e. The first-order chi connectivity index (χ1) is 9.51. The fourth-order valence-electron chi connectivity index (χ4n) is 2.41. The quantitative estimate of drug-likeness (QED) is 0.742. The summed E-state index contributed by atoms with van der Waals surface area (Å²) in [5.74, 6) is 0.0543. The van der Waals surface area contributed by atoms with E-state index < -0.39 is 10.2 Å². The highest BCUT2D eigenvalue weighted by atomic mass is 32.2. The molecular formula is C12H22N4O3S. The van der Waals surface area contributed by atoms with Gasteiger partial charge in [0.15, 0.2) is 0 Å². The molecule has 0 radical (unpaired) electrons. The van der Waals surface area contributed by atoms with E-state index >= 15 is 0 Å². The first kappa shape index (κ1) is 15.4. The van der Waals surface area contributed by atoms with E-state index in [1.165, 1.54) is 4.31 Å². The molecule has 0 amide bonds. The van der Waals surface area contributed by atoms with Gasteiger partial charge in [0, 0.05) is 39.5 Å². The van der Waals surface area contributed by atoms with E-state index in [0.29, 0.717) is 26.1 Å². The molecular weight excluding hydrogens is 280 g/mol. The lowest BCUT2D eigenvalue weighted by molar-refractivity contribution is 0.165. The summed E-state index contributed by atoms with van der Waals surface area (Å²) < 4.78 is 30.0. The van der Waals surface area contributed by atoms with Gasteiger partial charge in [-0.3, -0.25) is 4.68 Å². The molecule has 0 saturated carbocycles. The zero-order valence-electron chi connectivity index (χ0n) is 11.7. The maximum Gasteiger partial charge on any atom is 0.279 e. The molecule has 0 aliphatic carbocycles. The third-order valence-electron chi connectivity index (χ3n) is 3.54. The predicted molar refractivity (Wildman–Crippen MR) is 75.2 cm³/mol. The van der Waals surface area contributed by atoms with Crippen LogP contribution < -0.4 is 4.72 Å². The minimum absolute atomic E-state index is 0.0434. The third-order valence-corrected chi connectivity index (χ3v) is 5.12. The Bertz CT molecular complexity index is 529. The number of rotatable bonds is 6. The molecule has 2 heterocycles. The van der Waals surface area contributed by atoms with Crippen molar-refractivity contribution in [3.05, 3.63) is 18.0 Å². The van der Waals surface area contributed by atoms with Gasteiger partial charge in [-0.25, -0.2) is 4.72 Å².